The molecule has 3 nitrogen and oxygen atoms in total. The van der Waals surface area contributed by atoms with Crippen LogP contribution < -0.4 is 5.32 Å². The van der Waals surface area contributed by atoms with Crippen LogP contribution in [0.5, 0.6) is 0 Å². The third kappa shape index (κ3) is 5.24. The van der Waals surface area contributed by atoms with Crippen molar-refractivity contribution in [3.05, 3.63) is 66.2 Å². The Labute approximate surface area is 132 Å². The molecule has 3 heteroatoms. The number of benzene rings is 2. The van der Waals surface area contributed by atoms with E-state index in [9.17, 15) is 4.79 Å². The summed E-state index contributed by atoms with van der Waals surface area (Å²) in [5.41, 5.74) is 2.38. The Morgan fingerprint density at radius 3 is 2.27 bits per heavy atom. The van der Waals surface area contributed by atoms with Crippen LogP contribution >= 0.6 is 0 Å². The predicted octanol–water partition coefficient (Wildman–Crippen LogP) is 4.57. The second-order valence-corrected chi connectivity index (χ2v) is 5.30. The zero-order valence-electron chi connectivity index (χ0n) is 13.0. The summed E-state index contributed by atoms with van der Waals surface area (Å²) in [6.45, 7) is 0. The number of anilines is 1. The third-order valence-electron chi connectivity index (χ3n) is 3.67. The van der Waals surface area contributed by atoms with E-state index in [1.54, 1.807) is 0 Å². The molecular formula is C19H23NO2. The Morgan fingerprint density at radius 1 is 1.00 bits per heavy atom. The summed E-state index contributed by atoms with van der Waals surface area (Å²) in [5.74, 6) is -0.132. The van der Waals surface area contributed by atoms with Gasteiger partial charge in [0, 0.05) is 12.1 Å². The molecule has 1 N–H and O–H groups in total. The zero-order chi connectivity index (χ0) is 15.6. The van der Waals surface area contributed by atoms with Gasteiger partial charge in [0.1, 0.15) is 0 Å². The quantitative estimate of drug-likeness (QED) is 0.573. The molecule has 0 aromatic heterocycles. The molecule has 1 unspecified atom stereocenters. The molecule has 0 radical (unpaired) electrons. The number of carbonyl (C=O) groups excluding carboxylic acids is 1. The zero-order valence-corrected chi connectivity index (χ0v) is 13.0. The number of carbonyl (C=O) groups is 1. The van der Waals surface area contributed by atoms with Crippen LogP contribution in [-0.2, 0) is 9.53 Å². The molecule has 0 aliphatic heterocycles. The Bertz CT molecular complexity index is 554. The molecule has 0 saturated heterocycles. The monoisotopic (exact) mass is 297 g/mol. The molecule has 0 bridgehead atoms. The van der Waals surface area contributed by atoms with Crippen LogP contribution in [0.15, 0.2) is 60.7 Å². The van der Waals surface area contributed by atoms with Gasteiger partial charge in [0.2, 0.25) is 0 Å². The number of esters is 1. The van der Waals surface area contributed by atoms with Crippen molar-refractivity contribution in [3.63, 3.8) is 0 Å². The molecule has 0 heterocycles. The topological polar surface area (TPSA) is 38.3 Å². The van der Waals surface area contributed by atoms with Crippen LogP contribution in [0.1, 0.15) is 37.3 Å². The average Bonchev–Trinajstić information content (AvgIpc) is 2.59. The molecule has 116 valence electrons. The van der Waals surface area contributed by atoms with Crippen LogP contribution in [0.3, 0.4) is 0 Å². The highest BCUT2D eigenvalue weighted by Crippen LogP contribution is 2.24. The van der Waals surface area contributed by atoms with E-state index in [0.717, 1.165) is 24.9 Å². The van der Waals surface area contributed by atoms with Gasteiger partial charge < -0.3 is 10.1 Å². The molecule has 2 aromatic carbocycles. The number of hydrogen-bond acceptors (Lipinski definition) is 3. The van der Waals surface area contributed by atoms with Gasteiger partial charge >= 0.3 is 5.97 Å². The van der Waals surface area contributed by atoms with Crippen LogP contribution in [0.2, 0.25) is 0 Å². The Morgan fingerprint density at radius 2 is 1.64 bits per heavy atom. The van der Waals surface area contributed by atoms with Gasteiger partial charge in [-0.25, -0.2) is 0 Å². The van der Waals surface area contributed by atoms with E-state index in [0.29, 0.717) is 6.42 Å². The first-order valence-corrected chi connectivity index (χ1v) is 7.73. The van der Waals surface area contributed by atoms with E-state index in [2.05, 4.69) is 46.5 Å². The second kappa shape index (κ2) is 8.88. The maximum absolute atomic E-state index is 11.2. The van der Waals surface area contributed by atoms with Gasteiger partial charge in [0.15, 0.2) is 0 Å². The lowest BCUT2D eigenvalue weighted by molar-refractivity contribution is -0.140. The first-order chi connectivity index (χ1) is 10.8. The SMILES string of the molecule is COC(=O)CCCCC(Nc1ccccc1)c1ccccc1. The Balaban J connectivity index is 1.95. The first-order valence-electron chi connectivity index (χ1n) is 7.73. The normalized spacial score (nSPS) is 11.7. The first kappa shape index (κ1) is 16.1. The molecule has 2 aromatic rings. The minimum atomic E-state index is -0.132. The number of methoxy groups -OCH3 is 1. The summed E-state index contributed by atoms with van der Waals surface area (Å²) in [6, 6.07) is 20.9. The number of rotatable bonds is 8. The lowest BCUT2D eigenvalue weighted by atomic mass is 10.00. The Kier molecular flexibility index (Phi) is 6.49. The number of nitrogens with one attached hydrogen (secondary N) is 1. The van der Waals surface area contributed by atoms with Gasteiger partial charge in [0.25, 0.3) is 0 Å². The van der Waals surface area contributed by atoms with Crippen LogP contribution in [0.25, 0.3) is 0 Å². The van der Waals surface area contributed by atoms with Gasteiger partial charge in [-0.15, -0.1) is 0 Å². The second-order valence-electron chi connectivity index (χ2n) is 5.30. The van der Waals surface area contributed by atoms with Crippen molar-refractivity contribution in [2.45, 2.75) is 31.7 Å². The third-order valence-corrected chi connectivity index (χ3v) is 3.67. The largest absolute Gasteiger partial charge is 0.469 e. The van der Waals surface area contributed by atoms with Crippen molar-refractivity contribution in [2.24, 2.45) is 0 Å². The highest BCUT2D eigenvalue weighted by Gasteiger charge is 2.11. The molecule has 1 atom stereocenters. The summed E-state index contributed by atoms with van der Waals surface area (Å²) in [4.78, 5) is 11.2. The summed E-state index contributed by atoms with van der Waals surface area (Å²) >= 11 is 0. The minimum Gasteiger partial charge on any atom is -0.469 e. The van der Waals surface area contributed by atoms with E-state index < -0.39 is 0 Å². The van der Waals surface area contributed by atoms with E-state index in [1.165, 1.54) is 12.7 Å². The fourth-order valence-corrected chi connectivity index (χ4v) is 2.46. The molecule has 22 heavy (non-hydrogen) atoms. The molecule has 2 rings (SSSR count). The summed E-state index contributed by atoms with van der Waals surface area (Å²) in [5, 5.41) is 3.58. The molecule has 0 spiro atoms. The summed E-state index contributed by atoms with van der Waals surface area (Å²) in [7, 11) is 1.44. The number of unbranched alkanes of at least 4 members (excludes halogenated alkanes) is 1. The Hall–Kier alpha value is -2.29. The van der Waals surface area contributed by atoms with Crippen molar-refractivity contribution in [2.75, 3.05) is 12.4 Å². The minimum absolute atomic E-state index is 0.132. The maximum atomic E-state index is 11.2. The van der Waals surface area contributed by atoms with Crippen molar-refractivity contribution in [1.29, 1.82) is 0 Å². The van der Waals surface area contributed by atoms with E-state index in [-0.39, 0.29) is 12.0 Å². The van der Waals surface area contributed by atoms with Crippen molar-refractivity contribution in [3.8, 4) is 0 Å². The van der Waals surface area contributed by atoms with Crippen molar-refractivity contribution >= 4 is 11.7 Å². The van der Waals surface area contributed by atoms with Gasteiger partial charge in [-0.3, -0.25) is 4.79 Å². The number of para-hydroxylation sites is 1. The lowest BCUT2D eigenvalue weighted by Crippen LogP contribution is -2.11. The highest BCUT2D eigenvalue weighted by atomic mass is 16.5. The van der Waals surface area contributed by atoms with Crippen molar-refractivity contribution in [1.82, 2.24) is 0 Å². The number of hydrogen-bond donors (Lipinski definition) is 1. The molecular weight excluding hydrogens is 274 g/mol. The number of ether oxygens (including phenoxy) is 1. The van der Waals surface area contributed by atoms with Crippen LogP contribution in [0, 0.1) is 0 Å². The summed E-state index contributed by atoms with van der Waals surface area (Å²) < 4.78 is 4.68. The molecule has 0 amide bonds. The fourth-order valence-electron chi connectivity index (χ4n) is 2.46. The van der Waals surface area contributed by atoms with E-state index in [1.807, 2.05) is 24.3 Å². The van der Waals surface area contributed by atoms with E-state index >= 15 is 0 Å². The fraction of sp³-hybridized carbons (Fsp3) is 0.316. The standard InChI is InChI=1S/C19H23NO2/c1-22-19(21)15-9-8-14-18(16-10-4-2-5-11-16)20-17-12-6-3-7-13-17/h2-7,10-13,18,20H,8-9,14-15H2,1H3. The average molecular weight is 297 g/mol. The summed E-state index contributed by atoms with van der Waals surface area (Å²) in [6.07, 6.45) is 3.31. The van der Waals surface area contributed by atoms with Gasteiger partial charge in [-0.2, -0.15) is 0 Å². The van der Waals surface area contributed by atoms with Gasteiger partial charge in [-0.1, -0.05) is 55.0 Å². The highest BCUT2D eigenvalue weighted by molar-refractivity contribution is 5.68. The van der Waals surface area contributed by atoms with Crippen LogP contribution in [0.4, 0.5) is 5.69 Å². The predicted molar refractivity (Wildman–Crippen MR) is 89.7 cm³/mol. The van der Waals surface area contributed by atoms with Gasteiger partial charge in [-0.05, 0) is 30.5 Å². The van der Waals surface area contributed by atoms with Crippen molar-refractivity contribution < 1.29 is 9.53 Å². The lowest BCUT2D eigenvalue weighted by Gasteiger charge is -2.20. The molecule has 0 saturated carbocycles. The molecule has 0 aliphatic carbocycles. The molecule has 0 fully saturated rings. The smallest absolute Gasteiger partial charge is 0.305 e. The maximum Gasteiger partial charge on any atom is 0.305 e. The van der Waals surface area contributed by atoms with E-state index in [4.69, 9.17) is 0 Å². The molecule has 0 aliphatic rings. The van der Waals surface area contributed by atoms with Gasteiger partial charge in [0.05, 0.1) is 13.2 Å². The van der Waals surface area contributed by atoms with Crippen LogP contribution in [-0.4, -0.2) is 13.1 Å².